The summed E-state index contributed by atoms with van der Waals surface area (Å²) >= 11 is 0. The number of carbonyl (C=O) groups is 2. The fourth-order valence-corrected chi connectivity index (χ4v) is 2.99. The van der Waals surface area contributed by atoms with Gasteiger partial charge < -0.3 is 20.1 Å². The van der Waals surface area contributed by atoms with Crippen molar-refractivity contribution >= 4 is 23.2 Å². The van der Waals surface area contributed by atoms with E-state index in [4.69, 9.17) is 9.47 Å². The summed E-state index contributed by atoms with van der Waals surface area (Å²) in [6, 6.07) is 15.6. The highest BCUT2D eigenvalue weighted by Crippen LogP contribution is 2.34. The third-order valence-corrected chi connectivity index (χ3v) is 4.30. The van der Waals surface area contributed by atoms with E-state index in [2.05, 4.69) is 15.7 Å². The third-order valence-electron chi connectivity index (χ3n) is 4.30. The highest BCUT2D eigenvalue weighted by molar-refractivity contribution is 5.91. The minimum Gasteiger partial charge on any atom is -0.454 e. The van der Waals surface area contributed by atoms with Gasteiger partial charge in [0.15, 0.2) is 11.5 Å². The van der Waals surface area contributed by atoms with Crippen molar-refractivity contribution in [1.29, 1.82) is 0 Å². The Morgan fingerprint density at radius 3 is 2.57 bits per heavy atom. The smallest absolute Gasteiger partial charge is 0.291 e. The quantitative estimate of drug-likeness (QED) is 0.672. The molecule has 9 heteroatoms. The van der Waals surface area contributed by atoms with Gasteiger partial charge in [-0.1, -0.05) is 30.3 Å². The first-order valence-corrected chi connectivity index (χ1v) is 9.14. The van der Waals surface area contributed by atoms with E-state index in [-0.39, 0.29) is 19.0 Å². The number of rotatable bonds is 5. The molecule has 2 amide bonds. The number of benzene rings is 2. The first-order valence-electron chi connectivity index (χ1n) is 9.14. The number of nitrogens with zero attached hydrogens (tertiary/aromatic N) is 2. The number of aromatic nitrogens is 2. The molecule has 9 nitrogen and oxygen atoms in total. The second-order valence-electron chi connectivity index (χ2n) is 6.57. The zero-order valence-electron chi connectivity index (χ0n) is 16.0. The van der Waals surface area contributed by atoms with Gasteiger partial charge in [-0.05, 0) is 18.2 Å². The minimum absolute atomic E-state index is 0.0484. The van der Waals surface area contributed by atoms with Crippen molar-refractivity contribution in [1.82, 2.24) is 9.78 Å². The van der Waals surface area contributed by atoms with E-state index in [0.29, 0.717) is 22.9 Å². The van der Waals surface area contributed by atoms with Gasteiger partial charge in [0.1, 0.15) is 12.2 Å². The molecule has 0 radical (unpaired) electrons. The lowest BCUT2D eigenvalue weighted by atomic mass is 10.1. The zero-order chi connectivity index (χ0) is 21.1. The van der Waals surface area contributed by atoms with Crippen LogP contribution in [0, 0.1) is 0 Å². The van der Waals surface area contributed by atoms with Crippen molar-refractivity contribution in [2.24, 2.45) is 0 Å². The molecule has 1 aliphatic heterocycles. The summed E-state index contributed by atoms with van der Waals surface area (Å²) < 4.78 is 11.6. The maximum Gasteiger partial charge on any atom is 0.291 e. The third kappa shape index (κ3) is 4.14. The molecule has 30 heavy (non-hydrogen) atoms. The summed E-state index contributed by atoms with van der Waals surface area (Å²) in [7, 11) is 0. The fraction of sp³-hybridized carbons (Fsp3) is 0.143. The summed E-state index contributed by atoms with van der Waals surface area (Å²) in [5.74, 6) is 0.277. The van der Waals surface area contributed by atoms with Gasteiger partial charge in [-0.3, -0.25) is 14.4 Å². The highest BCUT2D eigenvalue weighted by atomic mass is 16.7. The Hall–Kier alpha value is -4.14. The van der Waals surface area contributed by atoms with Crippen LogP contribution in [0.2, 0.25) is 0 Å². The van der Waals surface area contributed by atoms with Crippen molar-refractivity contribution in [2.45, 2.75) is 13.5 Å². The van der Waals surface area contributed by atoms with E-state index in [0.717, 1.165) is 10.2 Å². The van der Waals surface area contributed by atoms with Crippen LogP contribution in [0.1, 0.15) is 6.92 Å². The number of carbonyl (C=O) groups excluding carboxylic acids is 2. The fourth-order valence-electron chi connectivity index (χ4n) is 2.99. The second kappa shape index (κ2) is 8.08. The molecular weight excluding hydrogens is 388 g/mol. The van der Waals surface area contributed by atoms with E-state index < -0.39 is 17.4 Å². The Morgan fingerprint density at radius 1 is 1.03 bits per heavy atom. The molecule has 1 aromatic heterocycles. The van der Waals surface area contributed by atoms with Crippen molar-refractivity contribution < 1.29 is 19.1 Å². The van der Waals surface area contributed by atoms with Gasteiger partial charge in [-0.25, -0.2) is 4.68 Å². The van der Waals surface area contributed by atoms with Crippen molar-refractivity contribution in [3.8, 4) is 22.8 Å². The minimum atomic E-state index is -0.578. The molecule has 4 rings (SSSR count). The number of hydrogen-bond acceptors (Lipinski definition) is 6. The Kier molecular flexibility index (Phi) is 5.17. The summed E-state index contributed by atoms with van der Waals surface area (Å²) in [4.78, 5) is 36.7. The molecular formula is C21H18N4O5. The molecule has 0 aliphatic carbocycles. The van der Waals surface area contributed by atoms with Crippen LogP contribution in [-0.2, 0) is 16.1 Å². The highest BCUT2D eigenvalue weighted by Gasteiger charge is 2.16. The number of nitrogens with one attached hydrogen (secondary N) is 2. The topological polar surface area (TPSA) is 112 Å². The van der Waals surface area contributed by atoms with E-state index in [1.54, 1.807) is 18.2 Å². The lowest BCUT2D eigenvalue weighted by Gasteiger charge is -2.11. The van der Waals surface area contributed by atoms with Gasteiger partial charge in [0.25, 0.3) is 5.56 Å². The molecule has 152 valence electrons. The second-order valence-corrected chi connectivity index (χ2v) is 6.57. The summed E-state index contributed by atoms with van der Waals surface area (Å²) in [5.41, 5.74) is 1.17. The van der Waals surface area contributed by atoms with Crippen molar-refractivity contribution in [3.63, 3.8) is 0 Å². The molecule has 0 saturated heterocycles. The monoisotopic (exact) mass is 406 g/mol. The van der Waals surface area contributed by atoms with E-state index in [1.807, 2.05) is 30.3 Å². The van der Waals surface area contributed by atoms with Crippen molar-refractivity contribution in [2.75, 3.05) is 17.4 Å². The van der Waals surface area contributed by atoms with E-state index >= 15 is 0 Å². The van der Waals surface area contributed by atoms with Gasteiger partial charge in [0.05, 0.1) is 5.69 Å². The van der Waals surface area contributed by atoms with Crippen molar-refractivity contribution in [3.05, 3.63) is 65.0 Å². The van der Waals surface area contributed by atoms with Crippen LogP contribution >= 0.6 is 0 Å². The molecule has 1 aliphatic rings. The predicted octanol–water partition coefficient (Wildman–Crippen LogP) is 2.24. The SMILES string of the molecule is CC(=O)Nc1cc(-c2ccccc2)nn(CC(=O)Nc2ccc3c(c2)OCO3)c1=O. The summed E-state index contributed by atoms with van der Waals surface area (Å²) in [6.07, 6.45) is 0. The Balaban J connectivity index is 1.61. The standard InChI is InChI=1S/C21H18N4O5/c1-13(26)22-17-10-16(14-5-3-2-4-6-14)24-25(21(17)28)11-20(27)23-15-7-8-18-19(9-15)30-12-29-18/h2-10H,11-12H2,1H3,(H,22,26)(H,23,27). The van der Waals surface area contributed by atoms with Crippen LogP contribution in [0.3, 0.4) is 0 Å². The Morgan fingerprint density at radius 2 is 1.80 bits per heavy atom. The summed E-state index contributed by atoms with van der Waals surface area (Å²) in [5, 5.41) is 9.50. The van der Waals surface area contributed by atoms with Gasteiger partial charge in [-0.2, -0.15) is 5.10 Å². The first-order chi connectivity index (χ1) is 14.5. The number of fused-ring (bicyclic) bond motifs is 1. The van der Waals surface area contributed by atoms with Crippen LogP contribution in [0.15, 0.2) is 59.4 Å². The molecule has 0 spiro atoms. The van der Waals surface area contributed by atoms with Gasteiger partial charge in [-0.15, -0.1) is 0 Å². The Bertz CT molecular complexity index is 1170. The normalized spacial score (nSPS) is 11.8. The predicted molar refractivity (Wildman–Crippen MR) is 109 cm³/mol. The summed E-state index contributed by atoms with van der Waals surface area (Å²) in [6.45, 7) is 1.10. The molecule has 0 fully saturated rings. The molecule has 0 saturated carbocycles. The van der Waals surface area contributed by atoms with Gasteiger partial charge >= 0.3 is 0 Å². The van der Waals surface area contributed by atoms with Gasteiger partial charge in [0.2, 0.25) is 18.6 Å². The van der Waals surface area contributed by atoms with Crippen LogP contribution in [0.4, 0.5) is 11.4 Å². The first kappa shape index (κ1) is 19.2. The maximum absolute atomic E-state index is 12.7. The lowest BCUT2D eigenvalue weighted by molar-refractivity contribution is -0.117. The molecule has 3 aromatic rings. The molecule has 0 unspecified atom stereocenters. The molecule has 2 heterocycles. The number of anilines is 2. The number of hydrogen-bond donors (Lipinski definition) is 2. The lowest BCUT2D eigenvalue weighted by Crippen LogP contribution is -2.32. The van der Waals surface area contributed by atoms with Crippen LogP contribution in [-0.4, -0.2) is 28.4 Å². The largest absolute Gasteiger partial charge is 0.454 e. The molecule has 2 N–H and O–H groups in total. The van der Waals surface area contributed by atoms with Crippen LogP contribution in [0.25, 0.3) is 11.3 Å². The van der Waals surface area contributed by atoms with E-state index in [9.17, 15) is 14.4 Å². The van der Waals surface area contributed by atoms with Crippen LogP contribution < -0.4 is 25.7 Å². The van der Waals surface area contributed by atoms with Gasteiger partial charge in [0, 0.05) is 24.2 Å². The van der Waals surface area contributed by atoms with Crippen LogP contribution in [0.5, 0.6) is 11.5 Å². The molecule has 2 aromatic carbocycles. The molecule has 0 atom stereocenters. The number of amides is 2. The molecule has 0 bridgehead atoms. The maximum atomic E-state index is 12.7. The number of ether oxygens (including phenoxy) is 2. The average molecular weight is 406 g/mol. The Labute approximate surface area is 171 Å². The zero-order valence-corrected chi connectivity index (χ0v) is 16.0. The average Bonchev–Trinajstić information content (AvgIpc) is 3.19. The van der Waals surface area contributed by atoms with E-state index in [1.165, 1.54) is 13.0 Å².